The quantitative estimate of drug-likeness (QED) is 0.769. The molecule has 0 spiro atoms. The molecular formula is C14H19NO2. The topological polar surface area (TPSA) is 49.3 Å². The van der Waals surface area contributed by atoms with Crippen LogP contribution in [0, 0.1) is 0 Å². The van der Waals surface area contributed by atoms with Crippen LogP contribution in [0.3, 0.4) is 0 Å². The van der Waals surface area contributed by atoms with Crippen molar-refractivity contribution in [1.82, 2.24) is 5.32 Å². The summed E-state index contributed by atoms with van der Waals surface area (Å²) in [4.78, 5) is 10.5. The molecule has 3 nitrogen and oxygen atoms in total. The minimum Gasteiger partial charge on any atom is -0.478 e. The second-order valence-electron chi connectivity index (χ2n) is 4.29. The van der Waals surface area contributed by atoms with Crippen LogP contribution in [-0.2, 0) is 4.79 Å². The normalized spacial score (nSPS) is 13.2. The number of benzene rings is 1. The van der Waals surface area contributed by atoms with Gasteiger partial charge in [-0.15, -0.1) is 0 Å². The van der Waals surface area contributed by atoms with Crippen LogP contribution in [0.15, 0.2) is 36.4 Å². The van der Waals surface area contributed by atoms with Crippen molar-refractivity contribution in [2.24, 2.45) is 0 Å². The first-order valence-electron chi connectivity index (χ1n) is 5.73. The SMILES string of the molecule is CNC(/C=C/C(=O)O)c1ccc(C(C)C)cc1. The summed E-state index contributed by atoms with van der Waals surface area (Å²) in [7, 11) is 1.81. The Labute approximate surface area is 102 Å². The summed E-state index contributed by atoms with van der Waals surface area (Å²) in [6.07, 6.45) is 2.81. The van der Waals surface area contributed by atoms with Crippen LogP contribution in [-0.4, -0.2) is 18.1 Å². The average Bonchev–Trinajstić information content (AvgIpc) is 2.30. The van der Waals surface area contributed by atoms with Crippen LogP contribution in [0.5, 0.6) is 0 Å². The zero-order valence-electron chi connectivity index (χ0n) is 10.5. The molecule has 17 heavy (non-hydrogen) atoms. The van der Waals surface area contributed by atoms with Crippen molar-refractivity contribution in [3.63, 3.8) is 0 Å². The number of hydrogen-bond acceptors (Lipinski definition) is 2. The van der Waals surface area contributed by atoms with E-state index in [2.05, 4.69) is 31.3 Å². The summed E-state index contributed by atoms with van der Waals surface area (Å²) in [5, 5.41) is 11.7. The molecule has 1 rings (SSSR count). The standard InChI is InChI=1S/C14H19NO2/c1-10(2)11-4-6-12(7-5-11)13(15-3)8-9-14(16)17/h4-10,13,15H,1-3H3,(H,16,17)/b9-8+. The van der Waals surface area contributed by atoms with Gasteiger partial charge in [-0.2, -0.15) is 0 Å². The molecule has 0 aliphatic heterocycles. The molecule has 0 bridgehead atoms. The van der Waals surface area contributed by atoms with Crippen molar-refractivity contribution >= 4 is 5.97 Å². The highest BCUT2D eigenvalue weighted by atomic mass is 16.4. The molecule has 0 aliphatic carbocycles. The smallest absolute Gasteiger partial charge is 0.328 e. The average molecular weight is 233 g/mol. The summed E-state index contributed by atoms with van der Waals surface area (Å²) in [5.74, 6) is -0.421. The second kappa shape index (κ2) is 6.21. The van der Waals surface area contributed by atoms with Gasteiger partial charge in [0, 0.05) is 6.08 Å². The molecule has 2 N–H and O–H groups in total. The monoisotopic (exact) mass is 233 g/mol. The number of nitrogens with one attached hydrogen (secondary N) is 1. The summed E-state index contributed by atoms with van der Waals surface area (Å²) in [5.41, 5.74) is 2.35. The first-order chi connectivity index (χ1) is 8.04. The lowest BCUT2D eigenvalue weighted by Crippen LogP contribution is -2.14. The Balaban J connectivity index is 2.86. The van der Waals surface area contributed by atoms with Gasteiger partial charge < -0.3 is 10.4 Å². The second-order valence-corrected chi connectivity index (χ2v) is 4.29. The first kappa shape index (κ1) is 13.5. The number of carboxylic acid groups (broad SMARTS) is 1. The van der Waals surface area contributed by atoms with Gasteiger partial charge in [0.1, 0.15) is 0 Å². The van der Waals surface area contributed by atoms with Crippen LogP contribution in [0.4, 0.5) is 0 Å². The van der Waals surface area contributed by atoms with E-state index in [9.17, 15) is 4.79 Å². The molecule has 0 aliphatic rings. The fourth-order valence-electron chi connectivity index (χ4n) is 1.64. The summed E-state index contributed by atoms with van der Waals surface area (Å²) in [6, 6.07) is 8.16. The highest BCUT2D eigenvalue weighted by Gasteiger charge is 2.06. The Morgan fingerprint density at radius 1 is 1.24 bits per heavy atom. The van der Waals surface area contributed by atoms with Gasteiger partial charge in [-0.3, -0.25) is 0 Å². The van der Waals surface area contributed by atoms with Crippen LogP contribution < -0.4 is 5.32 Å². The molecule has 1 aromatic rings. The van der Waals surface area contributed by atoms with Crippen molar-refractivity contribution in [1.29, 1.82) is 0 Å². The summed E-state index contributed by atoms with van der Waals surface area (Å²) < 4.78 is 0. The predicted molar refractivity (Wildman–Crippen MR) is 69.1 cm³/mol. The molecule has 0 aromatic heterocycles. The van der Waals surface area contributed by atoms with Gasteiger partial charge >= 0.3 is 5.97 Å². The van der Waals surface area contributed by atoms with Crippen molar-refractivity contribution in [3.8, 4) is 0 Å². The fourth-order valence-corrected chi connectivity index (χ4v) is 1.64. The zero-order chi connectivity index (χ0) is 12.8. The third-order valence-electron chi connectivity index (χ3n) is 2.70. The number of aliphatic carboxylic acids is 1. The Kier molecular flexibility index (Phi) is 4.91. The fraction of sp³-hybridized carbons (Fsp3) is 0.357. The van der Waals surface area contributed by atoms with Crippen molar-refractivity contribution in [2.45, 2.75) is 25.8 Å². The molecule has 1 aromatic carbocycles. The van der Waals surface area contributed by atoms with E-state index in [4.69, 9.17) is 5.11 Å². The molecule has 1 atom stereocenters. The van der Waals surface area contributed by atoms with Crippen molar-refractivity contribution < 1.29 is 9.90 Å². The van der Waals surface area contributed by atoms with E-state index in [0.29, 0.717) is 5.92 Å². The van der Waals surface area contributed by atoms with E-state index in [1.165, 1.54) is 5.56 Å². The van der Waals surface area contributed by atoms with Gasteiger partial charge in [-0.1, -0.05) is 44.2 Å². The number of likely N-dealkylation sites (N-methyl/N-ethyl adjacent to an activating group) is 1. The number of hydrogen-bond donors (Lipinski definition) is 2. The maximum atomic E-state index is 10.5. The van der Waals surface area contributed by atoms with Gasteiger partial charge in [0.15, 0.2) is 0 Å². The molecular weight excluding hydrogens is 214 g/mol. The maximum absolute atomic E-state index is 10.5. The van der Waals surface area contributed by atoms with Gasteiger partial charge in [-0.05, 0) is 24.1 Å². The third kappa shape index (κ3) is 4.04. The molecule has 0 saturated heterocycles. The number of rotatable bonds is 5. The van der Waals surface area contributed by atoms with Gasteiger partial charge in [0.2, 0.25) is 0 Å². The van der Waals surface area contributed by atoms with E-state index in [0.717, 1.165) is 11.6 Å². The molecule has 0 amide bonds. The highest BCUT2D eigenvalue weighted by Crippen LogP contribution is 2.19. The van der Waals surface area contributed by atoms with Gasteiger partial charge in [-0.25, -0.2) is 4.79 Å². The molecule has 0 saturated carbocycles. The Hall–Kier alpha value is -1.61. The zero-order valence-corrected chi connectivity index (χ0v) is 10.5. The lowest BCUT2D eigenvalue weighted by atomic mass is 9.99. The lowest BCUT2D eigenvalue weighted by molar-refractivity contribution is -0.131. The highest BCUT2D eigenvalue weighted by molar-refractivity contribution is 5.79. The minimum absolute atomic E-state index is 0.0627. The molecule has 3 heteroatoms. The Morgan fingerprint density at radius 3 is 2.18 bits per heavy atom. The van der Waals surface area contributed by atoms with Crippen molar-refractivity contribution in [2.75, 3.05) is 7.05 Å². The van der Waals surface area contributed by atoms with E-state index in [1.807, 2.05) is 19.2 Å². The van der Waals surface area contributed by atoms with Crippen molar-refractivity contribution in [3.05, 3.63) is 47.5 Å². The van der Waals surface area contributed by atoms with E-state index >= 15 is 0 Å². The Morgan fingerprint density at radius 2 is 1.76 bits per heavy atom. The van der Waals surface area contributed by atoms with Crippen LogP contribution in [0.2, 0.25) is 0 Å². The van der Waals surface area contributed by atoms with Crippen LogP contribution >= 0.6 is 0 Å². The number of carboxylic acids is 1. The number of carbonyl (C=O) groups is 1. The molecule has 0 radical (unpaired) electrons. The lowest BCUT2D eigenvalue weighted by Gasteiger charge is -2.13. The molecule has 0 fully saturated rings. The predicted octanol–water partition coefficient (Wildman–Crippen LogP) is 2.71. The largest absolute Gasteiger partial charge is 0.478 e. The van der Waals surface area contributed by atoms with Gasteiger partial charge in [0.25, 0.3) is 0 Å². The summed E-state index contributed by atoms with van der Waals surface area (Å²) in [6.45, 7) is 4.30. The third-order valence-corrected chi connectivity index (χ3v) is 2.70. The minimum atomic E-state index is -0.927. The maximum Gasteiger partial charge on any atom is 0.328 e. The van der Waals surface area contributed by atoms with E-state index < -0.39 is 5.97 Å². The van der Waals surface area contributed by atoms with Gasteiger partial charge in [0.05, 0.1) is 6.04 Å². The molecule has 0 heterocycles. The summed E-state index contributed by atoms with van der Waals surface area (Å²) >= 11 is 0. The van der Waals surface area contributed by atoms with E-state index in [1.54, 1.807) is 6.08 Å². The Bertz CT molecular complexity index is 393. The molecule has 92 valence electrons. The molecule has 1 unspecified atom stereocenters. The van der Waals surface area contributed by atoms with Crippen LogP contribution in [0.1, 0.15) is 36.9 Å². The first-order valence-corrected chi connectivity index (χ1v) is 5.73. The van der Waals surface area contributed by atoms with E-state index in [-0.39, 0.29) is 6.04 Å². The van der Waals surface area contributed by atoms with Crippen LogP contribution in [0.25, 0.3) is 0 Å².